The van der Waals surface area contributed by atoms with E-state index in [2.05, 4.69) is 88.4 Å². The van der Waals surface area contributed by atoms with Crippen molar-refractivity contribution < 1.29 is 0 Å². The number of hydrogen-bond acceptors (Lipinski definition) is 0. The molecule has 0 radical (unpaired) electrons. The zero-order chi connectivity index (χ0) is 15.7. The van der Waals surface area contributed by atoms with Crippen molar-refractivity contribution >= 4 is 0 Å². The van der Waals surface area contributed by atoms with Crippen molar-refractivity contribution in [3.05, 3.63) is 82.9 Å². The van der Waals surface area contributed by atoms with Gasteiger partial charge in [0.05, 0.1) is 0 Å². The Labute approximate surface area is 133 Å². The first-order valence-corrected chi connectivity index (χ1v) is 7.79. The van der Waals surface area contributed by atoms with Crippen LogP contribution in [-0.4, -0.2) is 0 Å². The molecule has 0 aliphatic rings. The van der Waals surface area contributed by atoms with Crippen LogP contribution in [0.5, 0.6) is 0 Å². The van der Waals surface area contributed by atoms with Crippen LogP contribution in [-0.2, 0) is 0 Å². The summed E-state index contributed by atoms with van der Waals surface area (Å²) < 4.78 is 0. The van der Waals surface area contributed by atoms with Gasteiger partial charge in [-0.3, -0.25) is 0 Å². The van der Waals surface area contributed by atoms with Gasteiger partial charge in [0.15, 0.2) is 0 Å². The van der Waals surface area contributed by atoms with E-state index >= 15 is 0 Å². The van der Waals surface area contributed by atoms with Gasteiger partial charge >= 0.3 is 0 Å². The summed E-state index contributed by atoms with van der Waals surface area (Å²) in [4.78, 5) is 0. The molecule has 0 saturated heterocycles. The fourth-order valence-electron chi connectivity index (χ4n) is 2.94. The number of aryl methyl sites for hydroxylation is 4. The largest absolute Gasteiger partial charge is 0.0610 e. The SMILES string of the molecule is Cc1cc(C)cc(-c2cccc(-c3ccc(C)c(C)c3)c2)c1. The van der Waals surface area contributed by atoms with Crippen molar-refractivity contribution in [3.63, 3.8) is 0 Å². The summed E-state index contributed by atoms with van der Waals surface area (Å²) in [7, 11) is 0. The number of rotatable bonds is 2. The second-order valence-corrected chi connectivity index (χ2v) is 6.26. The van der Waals surface area contributed by atoms with Gasteiger partial charge in [0.1, 0.15) is 0 Å². The normalized spacial score (nSPS) is 10.7. The molecule has 0 spiro atoms. The van der Waals surface area contributed by atoms with Crippen molar-refractivity contribution in [3.8, 4) is 22.3 Å². The fraction of sp³-hybridized carbons (Fsp3) is 0.182. The summed E-state index contributed by atoms with van der Waals surface area (Å²) in [6.45, 7) is 8.64. The van der Waals surface area contributed by atoms with E-state index in [1.165, 1.54) is 44.5 Å². The molecule has 0 bridgehead atoms. The van der Waals surface area contributed by atoms with Crippen LogP contribution in [0.1, 0.15) is 22.3 Å². The van der Waals surface area contributed by atoms with Gasteiger partial charge in [-0.05, 0) is 67.1 Å². The fourth-order valence-corrected chi connectivity index (χ4v) is 2.94. The van der Waals surface area contributed by atoms with E-state index in [1.807, 2.05) is 0 Å². The molecule has 0 amide bonds. The minimum absolute atomic E-state index is 1.28. The third kappa shape index (κ3) is 2.96. The smallest absolute Gasteiger partial charge is 0.0178 e. The summed E-state index contributed by atoms with van der Waals surface area (Å²) in [5, 5.41) is 0. The molecule has 110 valence electrons. The minimum Gasteiger partial charge on any atom is -0.0610 e. The molecule has 0 saturated carbocycles. The molecule has 3 aromatic rings. The standard InChI is InChI=1S/C22H22/c1-15-10-16(2)12-22(11-15)20-7-5-6-19(14-20)21-9-8-17(3)18(4)13-21/h5-14H,1-4H3. The lowest BCUT2D eigenvalue weighted by Gasteiger charge is -2.09. The van der Waals surface area contributed by atoms with E-state index in [0.717, 1.165) is 0 Å². The molecule has 0 nitrogen and oxygen atoms in total. The highest BCUT2D eigenvalue weighted by molar-refractivity contribution is 5.74. The molecule has 0 fully saturated rings. The van der Waals surface area contributed by atoms with E-state index in [1.54, 1.807) is 0 Å². The second-order valence-electron chi connectivity index (χ2n) is 6.26. The zero-order valence-corrected chi connectivity index (χ0v) is 13.8. The van der Waals surface area contributed by atoms with Crippen molar-refractivity contribution in [2.45, 2.75) is 27.7 Å². The van der Waals surface area contributed by atoms with E-state index < -0.39 is 0 Å². The second kappa shape index (κ2) is 5.81. The highest BCUT2D eigenvalue weighted by Gasteiger charge is 2.04. The molecule has 22 heavy (non-hydrogen) atoms. The van der Waals surface area contributed by atoms with E-state index in [4.69, 9.17) is 0 Å². The first kappa shape index (κ1) is 14.6. The maximum absolute atomic E-state index is 2.29. The van der Waals surface area contributed by atoms with Crippen molar-refractivity contribution in [2.24, 2.45) is 0 Å². The number of benzene rings is 3. The van der Waals surface area contributed by atoms with Gasteiger partial charge in [0.2, 0.25) is 0 Å². The molecule has 3 rings (SSSR count). The van der Waals surface area contributed by atoms with Crippen LogP contribution in [0.4, 0.5) is 0 Å². The van der Waals surface area contributed by atoms with Gasteiger partial charge in [-0.25, -0.2) is 0 Å². The van der Waals surface area contributed by atoms with Crippen LogP contribution in [0.2, 0.25) is 0 Å². The molecule has 3 aromatic carbocycles. The van der Waals surface area contributed by atoms with Gasteiger partial charge in [0.25, 0.3) is 0 Å². The summed E-state index contributed by atoms with van der Waals surface area (Å²) in [5.41, 5.74) is 10.4. The van der Waals surface area contributed by atoms with Gasteiger partial charge < -0.3 is 0 Å². The molecule has 0 atom stereocenters. The molecule has 0 heteroatoms. The summed E-state index contributed by atoms with van der Waals surface area (Å²) in [6.07, 6.45) is 0. The van der Waals surface area contributed by atoms with Crippen molar-refractivity contribution in [1.29, 1.82) is 0 Å². The van der Waals surface area contributed by atoms with Crippen LogP contribution < -0.4 is 0 Å². The summed E-state index contributed by atoms with van der Waals surface area (Å²) in [5.74, 6) is 0. The van der Waals surface area contributed by atoms with Crippen LogP contribution in [0.15, 0.2) is 60.7 Å². The molecule has 0 aliphatic heterocycles. The van der Waals surface area contributed by atoms with Crippen molar-refractivity contribution in [1.82, 2.24) is 0 Å². The minimum atomic E-state index is 1.28. The first-order chi connectivity index (χ1) is 10.5. The first-order valence-electron chi connectivity index (χ1n) is 7.79. The predicted octanol–water partition coefficient (Wildman–Crippen LogP) is 6.25. The van der Waals surface area contributed by atoms with Gasteiger partial charge in [-0.2, -0.15) is 0 Å². The monoisotopic (exact) mass is 286 g/mol. The Balaban J connectivity index is 2.07. The molecule has 0 aliphatic carbocycles. The third-order valence-electron chi connectivity index (χ3n) is 4.26. The number of hydrogen-bond donors (Lipinski definition) is 0. The lowest BCUT2D eigenvalue weighted by Crippen LogP contribution is -1.86. The lowest BCUT2D eigenvalue weighted by atomic mass is 9.95. The van der Waals surface area contributed by atoms with Gasteiger partial charge in [-0.15, -0.1) is 0 Å². The lowest BCUT2D eigenvalue weighted by molar-refractivity contribution is 1.34. The highest BCUT2D eigenvalue weighted by atomic mass is 14.1. The topological polar surface area (TPSA) is 0 Å². The van der Waals surface area contributed by atoms with Gasteiger partial charge in [-0.1, -0.05) is 65.7 Å². The Kier molecular flexibility index (Phi) is 3.85. The summed E-state index contributed by atoms with van der Waals surface area (Å²) in [6, 6.07) is 22.2. The Morgan fingerprint density at radius 1 is 0.455 bits per heavy atom. The zero-order valence-electron chi connectivity index (χ0n) is 13.8. The third-order valence-corrected chi connectivity index (χ3v) is 4.26. The average Bonchev–Trinajstić information content (AvgIpc) is 2.49. The van der Waals surface area contributed by atoms with Crippen LogP contribution >= 0.6 is 0 Å². The van der Waals surface area contributed by atoms with Crippen LogP contribution in [0, 0.1) is 27.7 Å². The molecular weight excluding hydrogens is 264 g/mol. The Bertz CT molecular complexity index is 805. The molecular formula is C22H22. The maximum Gasteiger partial charge on any atom is -0.0178 e. The van der Waals surface area contributed by atoms with E-state index in [-0.39, 0.29) is 0 Å². The van der Waals surface area contributed by atoms with Crippen molar-refractivity contribution in [2.75, 3.05) is 0 Å². The molecule has 0 unspecified atom stereocenters. The maximum atomic E-state index is 2.29. The Morgan fingerprint density at radius 2 is 1.05 bits per heavy atom. The molecule has 0 N–H and O–H groups in total. The van der Waals surface area contributed by atoms with E-state index in [0.29, 0.717) is 0 Å². The van der Waals surface area contributed by atoms with E-state index in [9.17, 15) is 0 Å². The molecule has 0 aromatic heterocycles. The average molecular weight is 286 g/mol. The highest BCUT2D eigenvalue weighted by Crippen LogP contribution is 2.28. The summed E-state index contributed by atoms with van der Waals surface area (Å²) >= 11 is 0. The molecule has 0 heterocycles. The predicted molar refractivity (Wildman–Crippen MR) is 96.3 cm³/mol. The van der Waals surface area contributed by atoms with Crippen LogP contribution in [0.3, 0.4) is 0 Å². The quantitative estimate of drug-likeness (QED) is 0.522. The Hall–Kier alpha value is -2.34. The van der Waals surface area contributed by atoms with Gasteiger partial charge in [0, 0.05) is 0 Å². The Morgan fingerprint density at radius 3 is 1.68 bits per heavy atom. The van der Waals surface area contributed by atoms with Crippen LogP contribution in [0.25, 0.3) is 22.3 Å².